The average Bonchev–Trinajstić information content (AvgIpc) is 3.69. The maximum absolute atomic E-state index is 4.76. The number of benzene rings is 1. The molecular formula is C31H47N7S. The lowest BCUT2D eigenvalue weighted by Gasteiger charge is -2.42. The summed E-state index contributed by atoms with van der Waals surface area (Å²) in [5, 5.41) is 0. The molecule has 0 aliphatic carbocycles. The first-order valence-corrected chi connectivity index (χ1v) is 15.5. The van der Waals surface area contributed by atoms with Gasteiger partial charge in [-0.25, -0.2) is 9.97 Å². The Morgan fingerprint density at radius 1 is 1.00 bits per heavy atom. The number of aromatic nitrogens is 4. The third kappa shape index (κ3) is 7.54. The molecule has 0 radical (unpaired) electrons. The molecule has 0 bridgehead atoms. The van der Waals surface area contributed by atoms with Crippen molar-refractivity contribution in [2.24, 2.45) is 5.41 Å². The molecule has 2 saturated heterocycles. The number of likely N-dealkylation sites (tertiary alicyclic amines) is 2. The van der Waals surface area contributed by atoms with Crippen LogP contribution in [0.25, 0.3) is 0 Å². The zero-order chi connectivity index (χ0) is 27.1. The molecule has 4 heterocycles. The van der Waals surface area contributed by atoms with E-state index in [1.165, 1.54) is 76.8 Å². The molecule has 2 fully saturated rings. The first kappa shape index (κ1) is 28.4. The summed E-state index contributed by atoms with van der Waals surface area (Å²) in [6.07, 6.45) is 15.7. The Morgan fingerprint density at radius 3 is 2.56 bits per heavy atom. The summed E-state index contributed by atoms with van der Waals surface area (Å²) >= 11 is 4.54. The molecule has 1 N–H and O–H groups in total. The Hall–Kier alpha value is -2.13. The Labute approximate surface area is 240 Å². The van der Waals surface area contributed by atoms with Crippen molar-refractivity contribution < 1.29 is 0 Å². The molecule has 39 heavy (non-hydrogen) atoms. The number of rotatable bonds is 13. The molecule has 212 valence electrons. The molecule has 1 aromatic carbocycles. The molecule has 2 aliphatic rings. The second kappa shape index (κ2) is 13.5. The van der Waals surface area contributed by atoms with Gasteiger partial charge in [0.05, 0.1) is 13.1 Å². The summed E-state index contributed by atoms with van der Waals surface area (Å²) in [6, 6.07) is 9.19. The minimum atomic E-state index is 0.569. The molecule has 1 spiro atoms. The second-order valence-electron chi connectivity index (χ2n) is 11.8. The number of aromatic amines is 1. The van der Waals surface area contributed by atoms with Crippen molar-refractivity contribution in [1.82, 2.24) is 34.2 Å². The lowest BCUT2D eigenvalue weighted by molar-refractivity contribution is 0.0728. The highest BCUT2D eigenvalue weighted by atomic mass is 32.1. The van der Waals surface area contributed by atoms with E-state index in [0.29, 0.717) is 5.41 Å². The van der Waals surface area contributed by atoms with Gasteiger partial charge in [-0.2, -0.15) is 0 Å². The number of nitrogens with zero attached hydrogens (tertiary/aromatic N) is 6. The topological polar surface area (TPSA) is 56.2 Å². The number of imidazole rings is 2. The Morgan fingerprint density at radius 2 is 1.82 bits per heavy atom. The van der Waals surface area contributed by atoms with E-state index in [9.17, 15) is 0 Å². The molecule has 0 unspecified atom stereocenters. The predicted molar refractivity (Wildman–Crippen MR) is 161 cm³/mol. The number of piperidine rings is 1. The summed E-state index contributed by atoms with van der Waals surface area (Å²) in [6.45, 7) is 14.4. The van der Waals surface area contributed by atoms with Gasteiger partial charge in [0.1, 0.15) is 11.6 Å². The van der Waals surface area contributed by atoms with E-state index in [4.69, 9.17) is 4.98 Å². The third-order valence-electron chi connectivity index (χ3n) is 9.12. The number of nitrogens with one attached hydrogen (secondary N) is 1. The van der Waals surface area contributed by atoms with Gasteiger partial charge < -0.3 is 19.4 Å². The summed E-state index contributed by atoms with van der Waals surface area (Å²) in [5.41, 5.74) is 1.82. The first-order chi connectivity index (χ1) is 19.1. The number of thiol groups is 1. The van der Waals surface area contributed by atoms with E-state index < -0.39 is 0 Å². The fourth-order valence-electron chi connectivity index (χ4n) is 6.83. The van der Waals surface area contributed by atoms with Crippen molar-refractivity contribution >= 4 is 12.6 Å². The molecule has 5 rings (SSSR count). The zero-order valence-electron chi connectivity index (χ0n) is 23.9. The van der Waals surface area contributed by atoms with Crippen LogP contribution < -0.4 is 0 Å². The fraction of sp³-hybridized carbons (Fsp3) is 0.613. The minimum absolute atomic E-state index is 0.569. The highest BCUT2D eigenvalue weighted by molar-refractivity contribution is 7.80. The van der Waals surface area contributed by atoms with Gasteiger partial charge in [0.25, 0.3) is 0 Å². The van der Waals surface area contributed by atoms with Gasteiger partial charge in [0, 0.05) is 55.4 Å². The van der Waals surface area contributed by atoms with E-state index in [-0.39, 0.29) is 0 Å². The molecule has 7 nitrogen and oxygen atoms in total. The largest absolute Gasteiger partial charge is 0.348 e. The van der Waals surface area contributed by atoms with E-state index in [0.717, 1.165) is 48.8 Å². The maximum Gasteiger partial charge on any atom is 0.122 e. The first-order valence-electron chi connectivity index (χ1n) is 15.0. The Kier molecular flexibility index (Phi) is 9.82. The van der Waals surface area contributed by atoms with Gasteiger partial charge >= 0.3 is 0 Å². The van der Waals surface area contributed by atoms with E-state index >= 15 is 0 Å². The molecule has 8 heteroatoms. The third-order valence-corrected chi connectivity index (χ3v) is 9.40. The standard InChI is InChI=1S/C31H47N7S/c1-3-27(4-2)37-18-10-31(11-19-37)9-17-35(25-31)15-6-16-38-20-14-34-30(38)24-36(23-29-32-12-13-33-29)22-26-7-5-8-28(39)21-26/h5,7-8,12-14,20-21,27,39H,3-4,6,9-11,15-19,22-25H2,1-2H3,(H,32,33). The quantitative estimate of drug-likeness (QED) is 0.277. The van der Waals surface area contributed by atoms with Gasteiger partial charge in [0.2, 0.25) is 0 Å². The van der Waals surface area contributed by atoms with Crippen LogP contribution in [0, 0.1) is 5.41 Å². The van der Waals surface area contributed by atoms with E-state index in [1.807, 2.05) is 24.7 Å². The molecular weight excluding hydrogens is 502 g/mol. The molecule has 0 saturated carbocycles. The van der Waals surface area contributed by atoms with Gasteiger partial charge in [-0.05, 0) is 87.8 Å². The summed E-state index contributed by atoms with van der Waals surface area (Å²) in [5.74, 6) is 2.10. The number of H-pyrrole nitrogens is 1. The average molecular weight is 550 g/mol. The van der Waals surface area contributed by atoms with Crippen LogP contribution in [0.4, 0.5) is 0 Å². The molecule has 2 aliphatic heterocycles. The van der Waals surface area contributed by atoms with Crippen LogP contribution in [-0.4, -0.2) is 73.0 Å². The summed E-state index contributed by atoms with van der Waals surface area (Å²) < 4.78 is 2.35. The van der Waals surface area contributed by atoms with Crippen LogP contribution in [0.2, 0.25) is 0 Å². The highest BCUT2D eigenvalue weighted by Gasteiger charge is 2.40. The van der Waals surface area contributed by atoms with Gasteiger partial charge in [-0.15, -0.1) is 12.6 Å². The summed E-state index contributed by atoms with van der Waals surface area (Å²) in [7, 11) is 0. The lowest BCUT2D eigenvalue weighted by atomic mass is 9.77. The van der Waals surface area contributed by atoms with Crippen LogP contribution in [0.15, 0.2) is 53.9 Å². The minimum Gasteiger partial charge on any atom is -0.348 e. The van der Waals surface area contributed by atoms with Crippen molar-refractivity contribution in [3.8, 4) is 0 Å². The van der Waals surface area contributed by atoms with Gasteiger partial charge in [-0.1, -0.05) is 26.0 Å². The lowest BCUT2D eigenvalue weighted by Crippen LogP contribution is -2.45. The van der Waals surface area contributed by atoms with Gasteiger partial charge in [-0.3, -0.25) is 4.90 Å². The fourth-order valence-corrected chi connectivity index (χ4v) is 7.08. The van der Waals surface area contributed by atoms with Crippen molar-refractivity contribution in [2.45, 2.75) is 89.5 Å². The molecule has 0 atom stereocenters. The van der Waals surface area contributed by atoms with Crippen LogP contribution in [0.1, 0.15) is 69.6 Å². The monoisotopic (exact) mass is 549 g/mol. The van der Waals surface area contributed by atoms with Crippen LogP contribution in [0.3, 0.4) is 0 Å². The van der Waals surface area contributed by atoms with Gasteiger partial charge in [0.15, 0.2) is 0 Å². The molecule has 0 amide bonds. The Balaban J connectivity index is 1.12. The van der Waals surface area contributed by atoms with E-state index in [1.54, 1.807) is 0 Å². The van der Waals surface area contributed by atoms with Crippen molar-refractivity contribution in [1.29, 1.82) is 0 Å². The van der Waals surface area contributed by atoms with Crippen LogP contribution >= 0.6 is 12.6 Å². The number of hydrogen-bond donors (Lipinski definition) is 2. The van der Waals surface area contributed by atoms with Crippen molar-refractivity contribution in [2.75, 3.05) is 32.7 Å². The zero-order valence-corrected chi connectivity index (χ0v) is 24.8. The number of aryl methyl sites for hydroxylation is 1. The SMILES string of the molecule is CCC(CC)N1CCC2(CCN(CCCn3ccnc3CN(Cc3cccc(S)c3)Cc3ncc[nH]3)C2)CC1. The highest BCUT2D eigenvalue weighted by Crippen LogP contribution is 2.41. The van der Waals surface area contributed by atoms with Crippen molar-refractivity contribution in [3.63, 3.8) is 0 Å². The van der Waals surface area contributed by atoms with Crippen LogP contribution in [-0.2, 0) is 26.2 Å². The van der Waals surface area contributed by atoms with Crippen LogP contribution in [0.5, 0.6) is 0 Å². The normalized spacial score (nSPS) is 18.2. The van der Waals surface area contributed by atoms with Crippen molar-refractivity contribution in [3.05, 3.63) is 66.3 Å². The maximum atomic E-state index is 4.76. The Bertz CT molecular complexity index is 1130. The smallest absolute Gasteiger partial charge is 0.122 e. The molecule has 3 aromatic rings. The summed E-state index contributed by atoms with van der Waals surface area (Å²) in [4.78, 5) is 21.4. The van der Waals surface area contributed by atoms with E-state index in [2.05, 4.69) is 80.1 Å². The number of hydrogen-bond acceptors (Lipinski definition) is 6. The molecule has 2 aromatic heterocycles. The second-order valence-corrected chi connectivity index (χ2v) is 12.3. The predicted octanol–water partition coefficient (Wildman–Crippen LogP) is 5.46.